The van der Waals surface area contributed by atoms with Gasteiger partial charge in [-0.15, -0.1) is 0 Å². The fourth-order valence-corrected chi connectivity index (χ4v) is 3.77. The van der Waals surface area contributed by atoms with Crippen LogP contribution in [0.4, 0.5) is 10.1 Å². The molecule has 0 radical (unpaired) electrons. The number of ether oxygens (including phenoxy) is 3. The number of hydrogen-bond donors (Lipinski definition) is 1. The van der Waals surface area contributed by atoms with E-state index in [0.29, 0.717) is 36.1 Å². The summed E-state index contributed by atoms with van der Waals surface area (Å²) in [6, 6.07) is 7.64. The van der Waals surface area contributed by atoms with E-state index in [0.717, 1.165) is 5.76 Å². The first kappa shape index (κ1) is 20.0. The molecule has 0 aliphatic carbocycles. The number of methoxy groups -OCH3 is 1. The smallest absolute Gasteiger partial charge is 0.274 e. The summed E-state index contributed by atoms with van der Waals surface area (Å²) in [6.45, 7) is 4.40. The molecule has 1 aromatic carbocycles. The standard InChI is InChI=1S/C22H22FN3O4/c1-13-26-22(2,17-12-29-9-8-20(17)30-13)16-10-14(4-6-18(16)23)25-21(27)19-7-5-15(28-3)11-24-19/h4-8,10-11,17H,9,12H2,1-3H3,(H,25,27). The van der Waals surface area contributed by atoms with Crippen molar-refractivity contribution in [3.8, 4) is 5.75 Å². The number of nitrogens with one attached hydrogen (secondary N) is 1. The SMILES string of the molecule is COc1ccc(C(=O)Nc2ccc(F)c(C3(C)N=C(C)OC4=CCOCC43)c2)nc1. The monoisotopic (exact) mass is 411 g/mol. The fourth-order valence-electron chi connectivity index (χ4n) is 3.77. The van der Waals surface area contributed by atoms with Gasteiger partial charge in [-0.3, -0.25) is 4.79 Å². The summed E-state index contributed by atoms with van der Waals surface area (Å²) in [5.74, 6) is 0.647. The van der Waals surface area contributed by atoms with Gasteiger partial charge < -0.3 is 19.5 Å². The van der Waals surface area contributed by atoms with E-state index in [4.69, 9.17) is 14.2 Å². The lowest BCUT2D eigenvalue weighted by Crippen LogP contribution is -2.42. The van der Waals surface area contributed by atoms with E-state index in [1.54, 1.807) is 25.1 Å². The highest BCUT2D eigenvalue weighted by Gasteiger charge is 2.45. The maximum Gasteiger partial charge on any atom is 0.274 e. The molecule has 2 aliphatic rings. The van der Waals surface area contributed by atoms with Crippen molar-refractivity contribution >= 4 is 17.5 Å². The van der Waals surface area contributed by atoms with E-state index in [1.807, 2.05) is 13.0 Å². The highest BCUT2D eigenvalue weighted by Crippen LogP contribution is 2.44. The molecule has 2 aliphatic heterocycles. The van der Waals surface area contributed by atoms with Crippen LogP contribution < -0.4 is 10.1 Å². The molecule has 2 aromatic rings. The lowest BCUT2D eigenvalue weighted by Gasteiger charge is -2.41. The van der Waals surface area contributed by atoms with Crippen LogP contribution in [-0.4, -0.2) is 37.1 Å². The average molecular weight is 411 g/mol. The number of fused-ring (bicyclic) bond motifs is 1. The molecule has 4 rings (SSSR count). The highest BCUT2D eigenvalue weighted by molar-refractivity contribution is 6.02. The number of hydrogen-bond acceptors (Lipinski definition) is 6. The van der Waals surface area contributed by atoms with Gasteiger partial charge in [0.25, 0.3) is 5.91 Å². The molecule has 1 amide bonds. The van der Waals surface area contributed by atoms with Gasteiger partial charge in [-0.25, -0.2) is 14.4 Å². The van der Waals surface area contributed by atoms with E-state index in [1.165, 1.54) is 25.4 Å². The molecule has 1 N–H and O–H groups in total. The van der Waals surface area contributed by atoms with Crippen molar-refractivity contribution in [2.45, 2.75) is 19.4 Å². The zero-order valence-corrected chi connectivity index (χ0v) is 16.9. The summed E-state index contributed by atoms with van der Waals surface area (Å²) in [7, 11) is 1.52. The average Bonchev–Trinajstić information content (AvgIpc) is 2.75. The van der Waals surface area contributed by atoms with Crippen molar-refractivity contribution in [3.05, 3.63) is 65.4 Å². The number of halogens is 1. The minimum atomic E-state index is -0.933. The summed E-state index contributed by atoms with van der Waals surface area (Å²) in [5, 5.41) is 2.77. The van der Waals surface area contributed by atoms with Crippen LogP contribution in [0.15, 0.2) is 53.4 Å². The van der Waals surface area contributed by atoms with Crippen LogP contribution in [0, 0.1) is 11.7 Å². The third-order valence-corrected chi connectivity index (χ3v) is 5.34. The lowest BCUT2D eigenvalue weighted by molar-refractivity contribution is 0.0534. The highest BCUT2D eigenvalue weighted by atomic mass is 19.1. The van der Waals surface area contributed by atoms with E-state index in [9.17, 15) is 9.18 Å². The molecule has 3 heterocycles. The number of carbonyl (C=O) groups is 1. The van der Waals surface area contributed by atoms with Crippen molar-refractivity contribution in [2.75, 3.05) is 25.6 Å². The van der Waals surface area contributed by atoms with Gasteiger partial charge in [0.2, 0.25) is 0 Å². The second-order valence-electron chi connectivity index (χ2n) is 7.31. The topological polar surface area (TPSA) is 82.0 Å². The van der Waals surface area contributed by atoms with E-state index >= 15 is 0 Å². The summed E-state index contributed by atoms with van der Waals surface area (Å²) in [6.07, 6.45) is 3.31. The maximum absolute atomic E-state index is 14.9. The van der Waals surface area contributed by atoms with Gasteiger partial charge in [0.05, 0.1) is 32.4 Å². The summed E-state index contributed by atoms with van der Waals surface area (Å²) >= 11 is 0. The van der Waals surface area contributed by atoms with E-state index < -0.39 is 17.3 Å². The number of pyridine rings is 1. The molecule has 0 spiro atoms. The minimum absolute atomic E-state index is 0.221. The molecule has 0 bridgehead atoms. The number of aromatic nitrogens is 1. The van der Waals surface area contributed by atoms with Crippen LogP contribution in [0.5, 0.6) is 5.75 Å². The van der Waals surface area contributed by atoms with Crippen molar-refractivity contribution < 1.29 is 23.4 Å². The molecule has 156 valence electrons. The van der Waals surface area contributed by atoms with Gasteiger partial charge in [-0.05, 0) is 43.3 Å². The Hall–Kier alpha value is -3.26. The Morgan fingerprint density at radius 3 is 2.90 bits per heavy atom. The second kappa shape index (κ2) is 7.87. The fraction of sp³-hybridized carbons (Fsp3) is 0.318. The molecule has 30 heavy (non-hydrogen) atoms. The van der Waals surface area contributed by atoms with Crippen LogP contribution in [0.1, 0.15) is 29.9 Å². The largest absolute Gasteiger partial charge is 0.495 e. The molecule has 1 aromatic heterocycles. The maximum atomic E-state index is 14.9. The van der Waals surface area contributed by atoms with E-state index in [2.05, 4.69) is 15.3 Å². The molecular weight excluding hydrogens is 389 g/mol. The predicted molar refractivity (Wildman–Crippen MR) is 109 cm³/mol. The number of nitrogens with zero attached hydrogens (tertiary/aromatic N) is 2. The Morgan fingerprint density at radius 1 is 1.33 bits per heavy atom. The van der Waals surface area contributed by atoms with E-state index in [-0.39, 0.29) is 11.6 Å². The molecule has 2 atom stereocenters. The Bertz CT molecular complexity index is 1040. The number of rotatable bonds is 4. The van der Waals surface area contributed by atoms with Gasteiger partial charge in [0.1, 0.15) is 28.6 Å². The van der Waals surface area contributed by atoms with Crippen molar-refractivity contribution in [1.82, 2.24) is 4.98 Å². The Labute approximate surface area is 173 Å². The molecule has 2 unspecified atom stereocenters. The third kappa shape index (κ3) is 3.66. The second-order valence-corrected chi connectivity index (χ2v) is 7.31. The van der Waals surface area contributed by atoms with Crippen LogP contribution in [-0.2, 0) is 15.0 Å². The molecular formula is C22H22FN3O4. The molecule has 0 saturated heterocycles. The first-order valence-corrected chi connectivity index (χ1v) is 9.54. The number of carbonyl (C=O) groups excluding carboxylic acids is 1. The first-order valence-electron chi connectivity index (χ1n) is 9.54. The van der Waals surface area contributed by atoms with Crippen molar-refractivity contribution in [1.29, 1.82) is 0 Å². The normalized spacial score (nSPS) is 22.9. The van der Waals surface area contributed by atoms with Gasteiger partial charge in [-0.2, -0.15) is 0 Å². The molecule has 0 saturated carbocycles. The zero-order chi connectivity index (χ0) is 21.3. The van der Waals surface area contributed by atoms with Crippen LogP contribution >= 0.6 is 0 Å². The Morgan fingerprint density at radius 2 is 2.17 bits per heavy atom. The summed E-state index contributed by atoms with van der Waals surface area (Å²) in [4.78, 5) is 21.3. The number of amides is 1. The Kier molecular flexibility index (Phi) is 5.26. The molecule has 8 heteroatoms. The first-order chi connectivity index (χ1) is 14.4. The number of aliphatic imine (C=N–C) groups is 1. The summed E-state index contributed by atoms with van der Waals surface area (Å²) < 4.78 is 31.3. The quantitative estimate of drug-likeness (QED) is 0.830. The van der Waals surface area contributed by atoms with Crippen LogP contribution in [0.2, 0.25) is 0 Å². The number of benzene rings is 1. The number of anilines is 1. The third-order valence-electron chi connectivity index (χ3n) is 5.34. The molecule has 7 nitrogen and oxygen atoms in total. The van der Waals surface area contributed by atoms with Gasteiger partial charge in [0, 0.05) is 18.2 Å². The van der Waals surface area contributed by atoms with Crippen molar-refractivity contribution in [3.63, 3.8) is 0 Å². The minimum Gasteiger partial charge on any atom is -0.495 e. The van der Waals surface area contributed by atoms with Crippen LogP contribution in [0.3, 0.4) is 0 Å². The zero-order valence-electron chi connectivity index (χ0n) is 16.9. The lowest BCUT2D eigenvalue weighted by atomic mass is 9.77. The van der Waals surface area contributed by atoms with Gasteiger partial charge in [-0.1, -0.05) is 0 Å². The van der Waals surface area contributed by atoms with Gasteiger partial charge >= 0.3 is 0 Å². The predicted octanol–water partition coefficient (Wildman–Crippen LogP) is 3.68. The van der Waals surface area contributed by atoms with Crippen molar-refractivity contribution in [2.24, 2.45) is 10.9 Å². The Balaban J connectivity index is 1.66. The van der Waals surface area contributed by atoms with Gasteiger partial charge in [0.15, 0.2) is 5.90 Å². The summed E-state index contributed by atoms with van der Waals surface area (Å²) in [5.41, 5.74) is 0.0835. The molecule has 0 fully saturated rings. The van der Waals surface area contributed by atoms with Crippen LogP contribution in [0.25, 0.3) is 0 Å².